The lowest BCUT2D eigenvalue weighted by Crippen LogP contribution is -2.13. The molecule has 0 spiro atoms. The third-order valence-electron chi connectivity index (χ3n) is 6.65. The van der Waals surface area contributed by atoms with Gasteiger partial charge in [-0.2, -0.15) is 5.26 Å². The highest BCUT2D eigenvalue weighted by Crippen LogP contribution is 2.37. The van der Waals surface area contributed by atoms with Crippen LogP contribution in [0, 0.1) is 22.6 Å². The Morgan fingerprint density at radius 3 is 2.12 bits per heavy atom. The highest BCUT2D eigenvalue weighted by Gasteiger charge is 2.19. The molecule has 0 fully saturated rings. The molecule has 0 aromatic heterocycles. The van der Waals surface area contributed by atoms with Crippen LogP contribution in [0.3, 0.4) is 0 Å². The van der Waals surface area contributed by atoms with Gasteiger partial charge in [-0.3, -0.25) is 0 Å². The van der Waals surface area contributed by atoms with Crippen molar-refractivity contribution in [1.29, 1.82) is 5.26 Å². The lowest BCUT2D eigenvalue weighted by Gasteiger charge is -2.19. The van der Waals surface area contributed by atoms with Crippen LogP contribution < -0.4 is 14.2 Å². The minimum absolute atomic E-state index is 0.273. The van der Waals surface area contributed by atoms with Gasteiger partial charge in [0.15, 0.2) is 0 Å². The second-order valence-electron chi connectivity index (χ2n) is 10.4. The average molecular weight is 538 g/mol. The van der Waals surface area contributed by atoms with E-state index >= 15 is 0 Å². The molecule has 0 aliphatic heterocycles. The van der Waals surface area contributed by atoms with E-state index in [0.717, 1.165) is 45.7 Å². The van der Waals surface area contributed by atoms with Crippen molar-refractivity contribution >= 4 is 0 Å². The van der Waals surface area contributed by atoms with E-state index < -0.39 is 5.41 Å². The second-order valence-corrected chi connectivity index (χ2v) is 10.4. The summed E-state index contributed by atoms with van der Waals surface area (Å²) in [5, 5.41) is 9.42. The Bertz CT molecular complexity index is 1430. The minimum Gasteiger partial charge on any atom is -0.493 e. The lowest BCUT2D eigenvalue weighted by molar-refractivity contribution is 0.242. The molecule has 0 aliphatic rings. The maximum Gasteiger partial charge on any atom is 0.131 e. The van der Waals surface area contributed by atoms with Crippen molar-refractivity contribution < 1.29 is 18.6 Å². The number of halogens is 1. The zero-order chi connectivity index (χ0) is 28.4. The molecule has 0 saturated heterocycles. The molecule has 0 radical (unpaired) electrons. The van der Waals surface area contributed by atoms with E-state index in [-0.39, 0.29) is 5.82 Å². The van der Waals surface area contributed by atoms with E-state index in [0.29, 0.717) is 38.4 Å². The summed E-state index contributed by atoms with van der Waals surface area (Å²) in [7, 11) is 0. The number of nitrogens with zero attached hydrogens (tertiary/aromatic N) is 1. The van der Waals surface area contributed by atoms with Crippen molar-refractivity contribution in [3.05, 3.63) is 114 Å². The van der Waals surface area contributed by atoms with Crippen LogP contribution in [0.4, 0.5) is 4.39 Å². The lowest BCUT2D eigenvalue weighted by atomic mass is 9.87. The average Bonchev–Trinajstić information content (AvgIpc) is 2.97. The zero-order valence-corrected chi connectivity index (χ0v) is 23.5. The van der Waals surface area contributed by atoms with Crippen LogP contribution in [0.25, 0.3) is 11.1 Å². The largest absolute Gasteiger partial charge is 0.493 e. The van der Waals surface area contributed by atoms with Gasteiger partial charge in [0.1, 0.15) is 29.7 Å². The SMILES string of the molecule is CCc1cc(-c2ccc(F)cc2)c(OCc2ccccc2)cc1OCCCOc1ccccc1CC(C)(C)C#N. The quantitative estimate of drug-likeness (QED) is 0.160. The molecule has 4 rings (SSSR count). The first kappa shape index (κ1) is 28.7. The van der Waals surface area contributed by atoms with Gasteiger partial charge < -0.3 is 14.2 Å². The summed E-state index contributed by atoms with van der Waals surface area (Å²) < 4.78 is 32.2. The van der Waals surface area contributed by atoms with E-state index in [9.17, 15) is 9.65 Å². The van der Waals surface area contributed by atoms with Crippen molar-refractivity contribution in [3.63, 3.8) is 0 Å². The van der Waals surface area contributed by atoms with Crippen molar-refractivity contribution in [3.8, 4) is 34.4 Å². The number of aryl methyl sites for hydroxylation is 1. The predicted molar refractivity (Wildman–Crippen MR) is 157 cm³/mol. The van der Waals surface area contributed by atoms with E-state index in [4.69, 9.17) is 14.2 Å². The van der Waals surface area contributed by atoms with Crippen molar-refractivity contribution in [2.45, 2.75) is 46.6 Å². The number of hydrogen-bond acceptors (Lipinski definition) is 4. The maximum absolute atomic E-state index is 13.6. The fourth-order valence-electron chi connectivity index (χ4n) is 4.46. The van der Waals surface area contributed by atoms with Crippen molar-refractivity contribution in [2.75, 3.05) is 13.2 Å². The maximum atomic E-state index is 13.6. The molecule has 0 atom stereocenters. The number of nitriles is 1. The topological polar surface area (TPSA) is 51.5 Å². The fraction of sp³-hybridized carbons (Fsp3) is 0.286. The Labute approximate surface area is 237 Å². The molecule has 40 heavy (non-hydrogen) atoms. The van der Waals surface area contributed by atoms with E-state index in [1.807, 2.05) is 74.5 Å². The number of hydrogen-bond donors (Lipinski definition) is 0. The second kappa shape index (κ2) is 13.7. The summed E-state index contributed by atoms with van der Waals surface area (Å²) in [5.41, 5.74) is 4.47. The molecule has 0 saturated carbocycles. The molecule has 0 amide bonds. The van der Waals surface area contributed by atoms with Crippen LogP contribution in [0.2, 0.25) is 0 Å². The molecule has 4 aromatic carbocycles. The van der Waals surface area contributed by atoms with E-state index in [1.54, 1.807) is 12.1 Å². The molecule has 206 valence electrons. The standard InChI is InChI=1S/C35H36FNO3/c1-4-27-21-31(28-15-17-30(36)18-16-28)34(40-24-26-11-6-5-7-12-26)22-33(27)39-20-10-19-38-32-14-9-8-13-29(32)23-35(2,3)25-37/h5-9,11-18,21-22H,4,10,19-20,23-24H2,1-3H3. The van der Waals surface area contributed by atoms with Gasteiger partial charge in [-0.05, 0) is 73.2 Å². The van der Waals surface area contributed by atoms with Crippen LogP contribution in [-0.4, -0.2) is 13.2 Å². The van der Waals surface area contributed by atoms with Gasteiger partial charge in [0.25, 0.3) is 0 Å². The summed E-state index contributed by atoms with van der Waals surface area (Å²) in [6.07, 6.45) is 2.10. The van der Waals surface area contributed by atoms with Crippen LogP contribution in [0.1, 0.15) is 43.9 Å². The summed E-state index contributed by atoms with van der Waals surface area (Å²) in [4.78, 5) is 0. The zero-order valence-electron chi connectivity index (χ0n) is 23.5. The monoisotopic (exact) mass is 537 g/mol. The number of rotatable bonds is 13. The van der Waals surface area contributed by atoms with Gasteiger partial charge in [0.05, 0.1) is 24.7 Å². The van der Waals surface area contributed by atoms with Crippen LogP contribution in [-0.2, 0) is 19.4 Å². The molecular weight excluding hydrogens is 501 g/mol. The number of para-hydroxylation sites is 1. The number of benzene rings is 4. The van der Waals surface area contributed by atoms with Gasteiger partial charge in [-0.1, -0.05) is 67.6 Å². The first-order chi connectivity index (χ1) is 19.4. The molecule has 0 heterocycles. The highest BCUT2D eigenvalue weighted by atomic mass is 19.1. The Morgan fingerprint density at radius 1 is 0.750 bits per heavy atom. The molecule has 0 N–H and O–H groups in total. The minimum atomic E-state index is -0.459. The van der Waals surface area contributed by atoms with E-state index in [1.165, 1.54) is 12.1 Å². The highest BCUT2D eigenvalue weighted by molar-refractivity contribution is 5.73. The summed E-state index contributed by atoms with van der Waals surface area (Å²) in [6, 6.07) is 30.7. The Balaban J connectivity index is 1.45. The summed E-state index contributed by atoms with van der Waals surface area (Å²) in [5.74, 6) is 1.99. The first-order valence-corrected chi connectivity index (χ1v) is 13.7. The van der Waals surface area contributed by atoms with Gasteiger partial charge in [-0.25, -0.2) is 4.39 Å². The van der Waals surface area contributed by atoms with Crippen molar-refractivity contribution in [1.82, 2.24) is 0 Å². The Kier molecular flexibility index (Phi) is 9.81. The third kappa shape index (κ3) is 7.86. The normalized spacial score (nSPS) is 11.1. The molecular formula is C35H36FNO3. The van der Waals surface area contributed by atoms with Crippen LogP contribution in [0.15, 0.2) is 91.0 Å². The molecule has 0 bridgehead atoms. The molecule has 0 aliphatic carbocycles. The number of ether oxygens (including phenoxy) is 3. The molecule has 5 heteroatoms. The summed E-state index contributed by atoms with van der Waals surface area (Å²) >= 11 is 0. The Hall–Kier alpha value is -4.30. The predicted octanol–water partition coefficient (Wildman–Crippen LogP) is 8.57. The van der Waals surface area contributed by atoms with Gasteiger partial charge in [0.2, 0.25) is 0 Å². The van der Waals surface area contributed by atoms with Gasteiger partial charge in [-0.15, -0.1) is 0 Å². The third-order valence-corrected chi connectivity index (χ3v) is 6.65. The van der Waals surface area contributed by atoms with Crippen molar-refractivity contribution in [2.24, 2.45) is 5.41 Å². The van der Waals surface area contributed by atoms with Gasteiger partial charge in [0, 0.05) is 18.1 Å². The van der Waals surface area contributed by atoms with Crippen LogP contribution in [0.5, 0.6) is 17.2 Å². The Morgan fingerprint density at radius 2 is 1.43 bits per heavy atom. The summed E-state index contributed by atoms with van der Waals surface area (Å²) in [6.45, 7) is 7.34. The molecule has 4 nitrogen and oxygen atoms in total. The smallest absolute Gasteiger partial charge is 0.131 e. The van der Waals surface area contributed by atoms with Gasteiger partial charge >= 0.3 is 0 Å². The first-order valence-electron chi connectivity index (χ1n) is 13.7. The fourth-order valence-corrected chi connectivity index (χ4v) is 4.46. The van der Waals surface area contributed by atoms with Crippen LogP contribution >= 0.6 is 0 Å². The molecule has 0 unspecified atom stereocenters. The molecule has 4 aromatic rings. The van der Waals surface area contributed by atoms with E-state index in [2.05, 4.69) is 19.1 Å².